The first kappa shape index (κ1) is 29.4. The Hall–Kier alpha value is -6.71. The van der Waals surface area contributed by atoms with Crippen LogP contribution in [0, 0.1) is 0 Å². The Bertz CT molecular complexity index is 2460. The van der Waals surface area contributed by atoms with Crippen molar-refractivity contribution in [3.05, 3.63) is 194 Å². The molecule has 0 aliphatic heterocycles. The van der Waals surface area contributed by atoms with E-state index in [9.17, 15) is 0 Å². The monoisotopic (exact) mass is 640 g/mol. The Morgan fingerprint density at radius 3 is 1.34 bits per heavy atom. The lowest BCUT2D eigenvalue weighted by Gasteiger charge is -2.26. The summed E-state index contributed by atoms with van der Waals surface area (Å²) in [4.78, 5) is 7.32. The van der Waals surface area contributed by atoms with Gasteiger partial charge in [0, 0.05) is 28.0 Å². The van der Waals surface area contributed by atoms with E-state index in [1.807, 2.05) is 36.4 Å². The maximum absolute atomic E-state index is 6.26. The third-order valence-electron chi connectivity index (χ3n) is 9.32. The zero-order chi connectivity index (χ0) is 33.3. The van der Waals surface area contributed by atoms with E-state index in [4.69, 9.17) is 9.40 Å². The van der Waals surface area contributed by atoms with Crippen LogP contribution in [-0.4, -0.2) is 4.98 Å². The molecule has 3 heteroatoms. The summed E-state index contributed by atoms with van der Waals surface area (Å²) >= 11 is 0. The molecule has 0 unspecified atom stereocenters. The third-order valence-corrected chi connectivity index (χ3v) is 9.32. The molecular weight excluding hydrogens is 609 g/mol. The molecule has 9 aromatic rings. The van der Waals surface area contributed by atoms with Crippen molar-refractivity contribution in [2.45, 2.75) is 0 Å². The summed E-state index contributed by atoms with van der Waals surface area (Å²) in [7, 11) is 0. The molecule has 0 aliphatic rings. The molecule has 9 rings (SSSR count). The minimum atomic E-state index is 0.630. The van der Waals surface area contributed by atoms with Crippen LogP contribution in [0.5, 0.6) is 0 Å². The Kier molecular flexibility index (Phi) is 7.49. The fourth-order valence-electron chi connectivity index (χ4n) is 6.81. The van der Waals surface area contributed by atoms with Gasteiger partial charge in [-0.05, 0) is 93.4 Å². The zero-order valence-corrected chi connectivity index (χ0v) is 27.3. The molecule has 0 spiro atoms. The van der Waals surface area contributed by atoms with Crippen molar-refractivity contribution >= 4 is 38.9 Å². The molecular formula is C47H32N2O. The molecule has 0 aliphatic carbocycles. The number of rotatable bonds is 7. The van der Waals surface area contributed by atoms with Crippen LogP contribution in [0.15, 0.2) is 199 Å². The summed E-state index contributed by atoms with van der Waals surface area (Å²) < 4.78 is 6.26. The number of fused-ring (bicyclic) bond motifs is 3. The molecule has 8 aromatic carbocycles. The molecule has 50 heavy (non-hydrogen) atoms. The van der Waals surface area contributed by atoms with Crippen molar-refractivity contribution in [1.82, 2.24) is 4.98 Å². The van der Waals surface area contributed by atoms with Crippen LogP contribution in [0.1, 0.15) is 0 Å². The van der Waals surface area contributed by atoms with Gasteiger partial charge >= 0.3 is 0 Å². The van der Waals surface area contributed by atoms with E-state index in [-0.39, 0.29) is 0 Å². The highest BCUT2D eigenvalue weighted by Crippen LogP contribution is 2.40. The van der Waals surface area contributed by atoms with Gasteiger partial charge in [-0.1, -0.05) is 140 Å². The molecule has 1 aromatic heterocycles. The number of aromatic nitrogens is 1. The number of hydrogen-bond acceptors (Lipinski definition) is 3. The molecule has 0 fully saturated rings. The van der Waals surface area contributed by atoms with Crippen molar-refractivity contribution in [3.8, 4) is 44.8 Å². The highest BCUT2D eigenvalue weighted by Gasteiger charge is 2.17. The van der Waals surface area contributed by atoms with E-state index < -0.39 is 0 Å². The number of hydrogen-bond donors (Lipinski definition) is 0. The highest BCUT2D eigenvalue weighted by atomic mass is 16.3. The largest absolute Gasteiger partial charge is 0.436 e. The van der Waals surface area contributed by atoms with E-state index in [0.717, 1.165) is 55.6 Å². The number of benzene rings is 8. The third kappa shape index (κ3) is 5.51. The quantitative estimate of drug-likeness (QED) is 0.174. The first-order chi connectivity index (χ1) is 24.8. The second kappa shape index (κ2) is 12.7. The van der Waals surface area contributed by atoms with Crippen LogP contribution >= 0.6 is 0 Å². The summed E-state index contributed by atoms with van der Waals surface area (Å²) in [5.74, 6) is 0.630. The SMILES string of the molecule is c1ccc(-c2ccc(N(c3ccc(-c4ccccc4)cc3)c3ccc(-c4cccc5ccc6oc(-c7ccccc7)nc6c45)cc3)cc2)cc1. The van der Waals surface area contributed by atoms with Crippen LogP contribution in [-0.2, 0) is 0 Å². The smallest absolute Gasteiger partial charge is 0.227 e. The summed E-state index contributed by atoms with van der Waals surface area (Å²) in [6.07, 6.45) is 0. The minimum Gasteiger partial charge on any atom is -0.436 e. The van der Waals surface area contributed by atoms with Crippen LogP contribution in [0.4, 0.5) is 17.1 Å². The number of anilines is 3. The van der Waals surface area contributed by atoms with Gasteiger partial charge in [0.05, 0.1) is 0 Å². The van der Waals surface area contributed by atoms with Crippen LogP contribution in [0.3, 0.4) is 0 Å². The maximum atomic E-state index is 6.26. The Balaban J connectivity index is 1.12. The van der Waals surface area contributed by atoms with Gasteiger partial charge < -0.3 is 9.32 Å². The molecule has 0 amide bonds. The zero-order valence-electron chi connectivity index (χ0n) is 27.3. The first-order valence-corrected chi connectivity index (χ1v) is 16.9. The minimum absolute atomic E-state index is 0.630. The topological polar surface area (TPSA) is 29.3 Å². The fraction of sp³-hybridized carbons (Fsp3) is 0. The van der Waals surface area contributed by atoms with Gasteiger partial charge in [-0.25, -0.2) is 4.98 Å². The first-order valence-electron chi connectivity index (χ1n) is 16.9. The molecule has 0 saturated carbocycles. The van der Waals surface area contributed by atoms with Gasteiger partial charge in [0.1, 0.15) is 5.52 Å². The lowest BCUT2D eigenvalue weighted by Crippen LogP contribution is -2.09. The Morgan fingerprint density at radius 1 is 0.360 bits per heavy atom. The standard InChI is InChI=1S/C47H32N2O/c1-4-11-33(12-5-1)35-19-26-40(27-20-35)49(41-28-21-36(22-29-41)34-13-6-2-7-14-34)42-30-23-37(24-31-42)43-18-10-17-38-25-32-44-46(45(38)43)48-47(50-44)39-15-8-3-9-16-39/h1-32H. The normalized spacial score (nSPS) is 11.2. The number of oxazole rings is 1. The Morgan fingerprint density at radius 2 is 0.820 bits per heavy atom. The second-order valence-corrected chi connectivity index (χ2v) is 12.4. The summed E-state index contributed by atoms with van der Waals surface area (Å²) in [5, 5.41) is 2.22. The molecule has 0 bridgehead atoms. The summed E-state index contributed by atoms with van der Waals surface area (Å²) in [6, 6.07) is 68.2. The molecule has 1 heterocycles. The molecule has 0 saturated heterocycles. The van der Waals surface area contributed by atoms with Gasteiger partial charge in [-0.3, -0.25) is 0 Å². The second-order valence-electron chi connectivity index (χ2n) is 12.4. The average molecular weight is 641 g/mol. The molecule has 0 atom stereocenters. The summed E-state index contributed by atoms with van der Waals surface area (Å²) in [5.41, 5.74) is 12.9. The predicted molar refractivity (Wildman–Crippen MR) is 208 cm³/mol. The molecule has 236 valence electrons. The molecule has 3 nitrogen and oxygen atoms in total. The molecule has 0 N–H and O–H groups in total. The van der Waals surface area contributed by atoms with E-state index in [1.165, 1.54) is 22.3 Å². The van der Waals surface area contributed by atoms with Crippen molar-refractivity contribution in [1.29, 1.82) is 0 Å². The average Bonchev–Trinajstić information content (AvgIpc) is 3.65. The lowest BCUT2D eigenvalue weighted by molar-refractivity contribution is 0.620. The van der Waals surface area contributed by atoms with Crippen LogP contribution < -0.4 is 4.90 Å². The van der Waals surface area contributed by atoms with E-state index in [1.54, 1.807) is 0 Å². The summed E-state index contributed by atoms with van der Waals surface area (Å²) in [6.45, 7) is 0. The van der Waals surface area contributed by atoms with E-state index in [0.29, 0.717) is 5.89 Å². The van der Waals surface area contributed by atoms with Crippen molar-refractivity contribution < 1.29 is 4.42 Å². The van der Waals surface area contributed by atoms with Gasteiger partial charge in [0.2, 0.25) is 5.89 Å². The van der Waals surface area contributed by atoms with Crippen LogP contribution in [0.2, 0.25) is 0 Å². The van der Waals surface area contributed by atoms with Gasteiger partial charge in [-0.15, -0.1) is 0 Å². The van der Waals surface area contributed by atoms with E-state index in [2.05, 4.69) is 163 Å². The van der Waals surface area contributed by atoms with Crippen LogP contribution in [0.25, 0.3) is 66.7 Å². The van der Waals surface area contributed by atoms with Gasteiger partial charge in [0.15, 0.2) is 5.58 Å². The van der Waals surface area contributed by atoms with Gasteiger partial charge in [0.25, 0.3) is 0 Å². The van der Waals surface area contributed by atoms with E-state index >= 15 is 0 Å². The molecule has 0 radical (unpaired) electrons. The Labute approximate surface area is 291 Å². The predicted octanol–water partition coefficient (Wildman–Crippen LogP) is 13.1. The van der Waals surface area contributed by atoms with Crippen molar-refractivity contribution in [2.24, 2.45) is 0 Å². The number of nitrogens with zero attached hydrogens (tertiary/aromatic N) is 2. The van der Waals surface area contributed by atoms with Crippen molar-refractivity contribution in [2.75, 3.05) is 4.90 Å². The maximum Gasteiger partial charge on any atom is 0.227 e. The van der Waals surface area contributed by atoms with Gasteiger partial charge in [-0.2, -0.15) is 0 Å². The lowest BCUT2D eigenvalue weighted by atomic mass is 9.97. The highest BCUT2D eigenvalue weighted by molar-refractivity contribution is 6.11. The van der Waals surface area contributed by atoms with Crippen molar-refractivity contribution in [3.63, 3.8) is 0 Å². The fourth-order valence-corrected chi connectivity index (χ4v) is 6.81.